The van der Waals surface area contributed by atoms with Crippen molar-refractivity contribution in [3.05, 3.63) is 64.7 Å². The average Bonchev–Trinajstić information content (AvgIpc) is 2.82. The van der Waals surface area contributed by atoms with Crippen LogP contribution in [-0.2, 0) is 9.59 Å². The molecule has 0 bridgehead atoms. The van der Waals surface area contributed by atoms with Gasteiger partial charge in [0.2, 0.25) is 5.91 Å². The van der Waals surface area contributed by atoms with Crippen molar-refractivity contribution in [1.82, 2.24) is 0 Å². The van der Waals surface area contributed by atoms with Gasteiger partial charge in [-0.15, -0.1) is 0 Å². The van der Waals surface area contributed by atoms with Gasteiger partial charge < -0.3 is 5.32 Å². The van der Waals surface area contributed by atoms with Crippen LogP contribution >= 0.6 is 0 Å². The number of rotatable bonds is 4. The number of hydrogen-bond acceptors (Lipinski definition) is 5. The molecule has 7 heteroatoms. The van der Waals surface area contributed by atoms with Crippen molar-refractivity contribution >= 4 is 28.9 Å². The molecule has 2 aromatic rings. The second kappa shape index (κ2) is 5.88. The molecule has 0 aliphatic carbocycles. The van der Waals surface area contributed by atoms with Crippen LogP contribution in [0.5, 0.6) is 0 Å². The molecule has 1 N–H and O–H groups in total. The molecular formula is C16H13N3O4. The van der Waals surface area contributed by atoms with Gasteiger partial charge in [0, 0.05) is 17.8 Å². The number of carbonyl (C=O) groups is 2. The zero-order chi connectivity index (χ0) is 16.4. The molecule has 2 amide bonds. The minimum absolute atomic E-state index is 0.0103. The Hall–Kier alpha value is -3.22. The second-order valence-electron chi connectivity index (χ2n) is 5.11. The molecule has 1 atom stereocenters. The maximum absolute atomic E-state index is 12.4. The molecule has 0 saturated carbocycles. The highest BCUT2D eigenvalue weighted by molar-refractivity contribution is 6.23. The Balaban J connectivity index is 1.80. The van der Waals surface area contributed by atoms with Crippen molar-refractivity contribution in [2.24, 2.45) is 0 Å². The summed E-state index contributed by atoms with van der Waals surface area (Å²) in [6.07, 6.45) is 0.0103. The number of non-ortho nitro benzene ring substituents is 1. The van der Waals surface area contributed by atoms with Gasteiger partial charge in [0.1, 0.15) is 6.04 Å². The number of para-hydroxylation sites is 1. The second-order valence-corrected chi connectivity index (χ2v) is 5.11. The third-order valence-electron chi connectivity index (χ3n) is 3.56. The van der Waals surface area contributed by atoms with Crippen molar-refractivity contribution in [3.8, 4) is 0 Å². The summed E-state index contributed by atoms with van der Waals surface area (Å²) < 4.78 is 0. The van der Waals surface area contributed by atoms with Crippen LogP contribution < -0.4 is 10.2 Å². The molecule has 23 heavy (non-hydrogen) atoms. The van der Waals surface area contributed by atoms with E-state index in [1.807, 2.05) is 0 Å². The van der Waals surface area contributed by atoms with E-state index in [1.54, 1.807) is 36.4 Å². The number of nitrogens with one attached hydrogen (secondary N) is 1. The van der Waals surface area contributed by atoms with E-state index in [0.29, 0.717) is 11.4 Å². The summed E-state index contributed by atoms with van der Waals surface area (Å²) in [7, 11) is 0. The number of amides is 2. The maximum atomic E-state index is 12.4. The summed E-state index contributed by atoms with van der Waals surface area (Å²) in [5, 5.41) is 13.7. The van der Waals surface area contributed by atoms with Crippen LogP contribution in [-0.4, -0.2) is 22.8 Å². The SMILES string of the molecule is O=C1C[C@H](Nc2cccc([N+](=O)[O-])c2)C(=O)N1c1ccccc1. The quantitative estimate of drug-likeness (QED) is 0.531. The summed E-state index contributed by atoms with van der Waals surface area (Å²) in [5.74, 6) is -0.670. The minimum atomic E-state index is -0.732. The summed E-state index contributed by atoms with van der Waals surface area (Å²) >= 11 is 0. The average molecular weight is 311 g/mol. The number of hydrogen-bond donors (Lipinski definition) is 1. The smallest absolute Gasteiger partial charge is 0.271 e. The minimum Gasteiger partial charge on any atom is -0.373 e. The van der Waals surface area contributed by atoms with E-state index in [4.69, 9.17) is 0 Å². The highest BCUT2D eigenvalue weighted by Gasteiger charge is 2.39. The standard InChI is InChI=1S/C16H13N3O4/c20-15-10-14(16(21)18(15)12-6-2-1-3-7-12)17-11-5-4-8-13(9-11)19(22)23/h1-9,14,17H,10H2/t14-/m0/s1. The fraction of sp³-hybridized carbons (Fsp3) is 0.125. The summed E-state index contributed by atoms with van der Waals surface area (Å²) in [4.78, 5) is 36.0. The third kappa shape index (κ3) is 2.89. The molecule has 1 saturated heterocycles. The Labute approximate surface area is 131 Å². The molecule has 0 radical (unpaired) electrons. The highest BCUT2D eigenvalue weighted by Crippen LogP contribution is 2.25. The Morgan fingerprint density at radius 2 is 1.83 bits per heavy atom. The fourth-order valence-corrected chi connectivity index (χ4v) is 2.50. The number of benzene rings is 2. The maximum Gasteiger partial charge on any atom is 0.271 e. The number of nitrogens with zero attached hydrogens (tertiary/aromatic N) is 2. The van der Waals surface area contributed by atoms with Crippen molar-refractivity contribution < 1.29 is 14.5 Å². The van der Waals surface area contributed by atoms with E-state index in [-0.39, 0.29) is 23.9 Å². The number of nitro benzene ring substituents is 1. The van der Waals surface area contributed by atoms with Gasteiger partial charge in [-0.05, 0) is 18.2 Å². The van der Waals surface area contributed by atoms with Crippen molar-refractivity contribution in [1.29, 1.82) is 0 Å². The summed E-state index contributed by atoms with van der Waals surface area (Å²) in [6, 6.07) is 13.8. The predicted octanol–water partition coefficient (Wildman–Crippen LogP) is 2.34. The largest absolute Gasteiger partial charge is 0.373 e. The lowest BCUT2D eigenvalue weighted by Crippen LogP contribution is -2.34. The van der Waals surface area contributed by atoms with Crippen LogP contribution in [0.3, 0.4) is 0 Å². The molecule has 1 aliphatic rings. The Bertz CT molecular complexity index is 776. The van der Waals surface area contributed by atoms with Crippen LogP contribution in [0.2, 0.25) is 0 Å². The molecule has 1 heterocycles. The molecule has 0 unspecified atom stereocenters. The molecule has 2 aromatic carbocycles. The first-order chi connectivity index (χ1) is 11.1. The first kappa shape index (κ1) is 14.7. The van der Waals surface area contributed by atoms with E-state index in [1.165, 1.54) is 18.2 Å². The predicted molar refractivity (Wildman–Crippen MR) is 84.1 cm³/mol. The third-order valence-corrected chi connectivity index (χ3v) is 3.56. The molecule has 1 aliphatic heterocycles. The van der Waals surface area contributed by atoms with Gasteiger partial charge in [-0.25, -0.2) is 4.90 Å². The van der Waals surface area contributed by atoms with Gasteiger partial charge in [0.05, 0.1) is 17.0 Å². The van der Waals surface area contributed by atoms with E-state index < -0.39 is 11.0 Å². The molecule has 0 aromatic heterocycles. The first-order valence-electron chi connectivity index (χ1n) is 6.99. The van der Waals surface area contributed by atoms with Crippen molar-refractivity contribution in [3.63, 3.8) is 0 Å². The van der Waals surface area contributed by atoms with Gasteiger partial charge in [-0.1, -0.05) is 24.3 Å². The topological polar surface area (TPSA) is 92.5 Å². The number of carbonyl (C=O) groups excluding carboxylic acids is 2. The van der Waals surface area contributed by atoms with E-state index in [2.05, 4.69) is 5.32 Å². The molecular weight excluding hydrogens is 298 g/mol. The fourth-order valence-electron chi connectivity index (χ4n) is 2.50. The Morgan fingerprint density at radius 1 is 1.09 bits per heavy atom. The van der Waals surface area contributed by atoms with Gasteiger partial charge in [0.15, 0.2) is 0 Å². The summed E-state index contributed by atoms with van der Waals surface area (Å²) in [5.41, 5.74) is 0.873. The normalized spacial score (nSPS) is 17.4. The first-order valence-corrected chi connectivity index (χ1v) is 6.99. The Kier molecular flexibility index (Phi) is 3.76. The number of nitro groups is 1. The highest BCUT2D eigenvalue weighted by atomic mass is 16.6. The van der Waals surface area contributed by atoms with E-state index >= 15 is 0 Å². The van der Waals surface area contributed by atoms with Crippen molar-refractivity contribution in [2.45, 2.75) is 12.5 Å². The number of imide groups is 1. The van der Waals surface area contributed by atoms with Crippen LogP contribution in [0.15, 0.2) is 54.6 Å². The van der Waals surface area contributed by atoms with Gasteiger partial charge >= 0.3 is 0 Å². The van der Waals surface area contributed by atoms with E-state index in [0.717, 1.165) is 4.90 Å². The van der Waals surface area contributed by atoms with Crippen LogP contribution in [0.25, 0.3) is 0 Å². The van der Waals surface area contributed by atoms with Gasteiger partial charge in [0.25, 0.3) is 11.6 Å². The lowest BCUT2D eigenvalue weighted by Gasteiger charge is -2.15. The van der Waals surface area contributed by atoms with Crippen LogP contribution in [0, 0.1) is 10.1 Å². The van der Waals surface area contributed by atoms with Crippen molar-refractivity contribution in [2.75, 3.05) is 10.2 Å². The van der Waals surface area contributed by atoms with Gasteiger partial charge in [-0.2, -0.15) is 0 Å². The zero-order valence-electron chi connectivity index (χ0n) is 12.0. The van der Waals surface area contributed by atoms with Crippen LogP contribution in [0.4, 0.5) is 17.1 Å². The van der Waals surface area contributed by atoms with Crippen LogP contribution in [0.1, 0.15) is 6.42 Å². The zero-order valence-corrected chi connectivity index (χ0v) is 12.0. The molecule has 1 fully saturated rings. The van der Waals surface area contributed by atoms with E-state index in [9.17, 15) is 19.7 Å². The Morgan fingerprint density at radius 3 is 2.52 bits per heavy atom. The number of anilines is 2. The molecule has 7 nitrogen and oxygen atoms in total. The molecule has 0 spiro atoms. The lowest BCUT2D eigenvalue weighted by molar-refractivity contribution is -0.384. The monoisotopic (exact) mass is 311 g/mol. The summed E-state index contributed by atoms with van der Waals surface area (Å²) in [6.45, 7) is 0. The lowest BCUT2D eigenvalue weighted by atomic mass is 10.2. The van der Waals surface area contributed by atoms with Gasteiger partial charge in [-0.3, -0.25) is 19.7 Å². The molecule has 3 rings (SSSR count). The molecule has 116 valence electrons.